The topological polar surface area (TPSA) is 58.6 Å². The van der Waals surface area contributed by atoms with E-state index in [1.165, 1.54) is 6.07 Å². The molecule has 7 heteroatoms. The molecule has 0 spiro atoms. The van der Waals surface area contributed by atoms with E-state index in [0.717, 1.165) is 21.7 Å². The van der Waals surface area contributed by atoms with Crippen LogP contribution in [0.4, 0.5) is 10.1 Å². The lowest BCUT2D eigenvalue weighted by atomic mass is 10.0. The van der Waals surface area contributed by atoms with Crippen molar-refractivity contribution in [2.75, 3.05) is 10.7 Å². The fourth-order valence-corrected chi connectivity index (χ4v) is 4.85. The first-order valence-electron chi connectivity index (χ1n) is 10.7. The highest BCUT2D eigenvalue weighted by Crippen LogP contribution is 2.38. The van der Waals surface area contributed by atoms with Gasteiger partial charge in [0.05, 0.1) is 16.3 Å². The van der Waals surface area contributed by atoms with Crippen LogP contribution in [0, 0.1) is 5.82 Å². The summed E-state index contributed by atoms with van der Waals surface area (Å²) in [6, 6.07) is 20.4. The molecule has 0 saturated carbocycles. The second kappa shape index (κ2) is 9.39. The smallest absolute Gasteiger partial charge is 0.153 e. The van der Waals surface area contributed by atoms with Gasteiger partial charge in [-0.05, 0) is 67.3 Å². The highest BCUT2D eigenvalue weighted by molar-refractivity contribution is 7.91. The quantitative estimate of drug-likeness (QED) is 0.422. The summed E-state index contributed by atoms with van der Waals surface area (Å²) in [7, 11) is 0. The average Bonchev–Trinajstić information content (AvgIpc) is 3.26. The molecule has 4 rings (SSSR count). The van der Waals surface area contributed by atoms with E-state index in [4.69, 9.17) is 11.6 Å². The SMILES string of the molecule is CC[S+]([O-])c1cccc(-c2ccc(N3C=C(C(C)(C)O)N[C@@H]3c3cccc(F)c3Cl)cc2)c1. The van der Waals surface area contributed by atoms with E-state index in [1.807, 2.05) is 66.6 Å². The van der Waals surface area contributed by atoms with Crippen molar-refractivity contribution >= 4 is 28.5 Å². The van der Waals surface area contributed by atoms with Crippen molar-refractivity contribution in [2.24, 2.45) is 0 Å². The summed E-state index contributed by atoms with van der Waals surface area (Å²) < 4.78 is 26.4. The fourth-order valence-electron chi connectivity index (χ4n) is 3.80. The number of halogens is 2. The van der Waals surface area contributed by atoms with Crippen molar-refractivity contribution in [3.05, 3.63) is 95.0 Å². The first kappa shape index (κ1) is 23.6. The van der Waals surface area contributed by atoms with Crippen LogP contribution in [0.2, 0.25) is 5.02 Å². The first-order valence-corrected chi connectivity index (χ1v) is 12.4. The second-order valence-electron chi connectivity index (χ2n) is 8.41. The number of nitrogens with zero attached hydrogens (tertiary/aromatic N) is 1. The lowest BCUT2D eigenvalue weighted by molar-refractivity contribution is 0.112. The molecular weight excluding hydrogens is 459 g/mol. The van der Waals surface area contributed by atoms with Crippen LogP contribution in [0.3, 0.4) is 0 Å². The van der Waals surface area contributed by atoms with E-state index >= 15 is 0 Å². The predicted molar refractivity (Wildman–Crippen MR) is 133 cm³/mol. The molecule has 1 heterocycles. The summed E-state index contributed by atoms with van der Waals surface area (Å²) in [6.45, 7) is 5.28. The summed E-state index contributed by atoms with van der Waals surface area (Å²) in [6.07, 6.45) is 1.35. The lowest BCUT2D eigenvalue weighted by Crippen LogP contribution is -2.33. The van der Waals surface area contributed by atoms with Crippen LogP contribution >= 0.6 is 11.6 Å². The number of benzene rings is 3. The third-order valence-electron chi connectivity index (χ3n) is 5.63. The number of hydrogen-bond donors (Lipinski definition) is 2. The Morgan fingerprint density at radius 2 is 1.79 bits per heavy atom. The highest BCUT2D eigenvalue weighted by atomic mass is 35.5. The van der Waals surface area contributed by atoms with Gasteiger partial charge in [0.25, 0.3) is 0 Å². The Balaban J connectivity index is 1.70. The molecule has 0 aromatic heterocycles. The van der Waals surface area contributed by atoms with Gasteiger partial charge in [0.2, 0.25) is 0 Å². The number of anilines is 1. The summed E-state index contributed by atoms with van der Waals surface area (Å²) in [5.74, 6) is 0.0804. The Labute approximate surface area is 201 Å². The van der Waals surface area contributed by atoms with Gasteiger partial charge >= 0.3 is 0 Å². The Morgan fingerprint density at radius 3 is 2.45 bits per heavy atom. The summed E-state index contributed by atoms with van der Waals surface area (Å²) >= 11 is 5.28. The molecule has 3 aromatic carbocycles. The van der Waals surface area contributed by atoms with Gasteiger partial charge in [-0.2, -0.15) is 0 Å². The van der Waals surface area contributed by atoms with Crippen LogP contribution in [0.15, 0.2) is 83.5 Å². The maximum Gasteiger partial charge on any atom is 0.153 e. The monoisotopic (exact) mass is 484 g/mol. The van der Waals surface area contributed by atoms with Gasteiger partial charge in [-0.3, -0.25) is 0 Å². The van der Waals surface area contributed by atoms with E-state index < -0.39 is 28.8 Å². The molecule has 0 radical (unpaired) electrons. The van der Waals surface area contributed by atoms with Gasteiger partial charge in [-0.25, -0.2) is 4.39 Å². The van der Waals surface area contributed by atoms with E-state index in [9.17, 15) is 14.0 Å². The van der Waals surface area contributed by atoms with Crippen molar-refractivity contribution in [2.45, 2.75) is 37.4 Å². The van der Waals surface area contributed by atoms with E-state index in [1.54, 1.807) is 26.0 Å². The molecule has 0 fully saturated rings. The largest absolute Gasteiger partial charge is 0.611 e. The molecule has 1 aliphatic rings. The van der Waals surface area contributed by atoms with Gasteiger partial charge in [0, 0.05) is 23.5 Å². The standard InChI is InChI=1S/C26H26ClFN2O2S/c1-4-33(32)20-8-5-7-18(15-20)17-11-13-19(14-12-17)30-16-23(26(2,3)31)29-25(30)21-9-6-10-22(28)24(21)27/h5-16,25,29,31H,4H2,1-3H3/t25-,33?/m0/s1. The van der Waals surface area contributed by atoms with Gasteiger partial charge in [-0.1, -0.05) is 48.0 Å². The Hall–Kier alpha value is -2.51. The third-order valence-corrected chi connectivity index (χ3v) is 7.33. The molecule has 1 unspecified atom stereocenters. The minimum Gasteiger partial charge on any atom is -0.611 e. The summed E-state index contributed by atoms with van der Waals surface area (Å²) in [5, 5.41) is 13.9. The summed E-state index contributed by atoms with van der Waals surface area (Å²) in [5.41, 5.74) is 2.90. The highest BCUT2D eigenvalue weighted by Gasteiger charge is 2.34. The van der Waals surface area contributed by atoms with Crippen LogP contribution in [-0.4, -0.2) is 21.0 Å². The molecule has 33 heavy (non-hydrogen) atoms. The van der Waals surface area contributed by atoms with E-state index in [2.05, 4.69) is 5.32 Å². The van der Waals surface area contributed by atoms with Crippen molar-refractivity contribution < 1.29 is 14.0 Å². The number of aliphatic hydroxyl groups is 1. The number of nitrogens with one attached hydrogen (secondary N) is 1. The molecule has 4 nitrogen and oxygen atoms in total. The zero-order chi connectivity index (χ0) is 23.8. The molecule has 0 amide bonds. The summed E-state index contributed by atoms with van der Waals surface area (Å²) in [4.78, 5) is 2.74. The molecule has 0 aliphatic carbocycles. The van der Waals surface area contributed by atoms with Crippen molar-refractivity contribution in [3.8, 4) is 11.1 Å². The zero-order valence-corrected chi connectivity index (χ0v) is 20.3. The first-order chi connectivity index (χ1) is 15.7. The molecule has 0 bridgehead atoms. The maximum atomic E-state index is 14.2. The Kier molecular flexibility index (Phi) is 6.73. The van der Waals surface area contributed by atoms with Crippen LogP contribution in [0.5, 0.6) is 0 Å². The fraction of sp³-hybridized carbons (Fsp3) is 0.231. The zero-order valence-electron chi connectivity index (χ0n) is 18.7. The van der Waals surface area contributed by atoms with E-state index in [-0.39, 0.29) is 5.02 Å². The van der Waals surface area contributed by atoms with Gasteiger partial charge in [-0.15, -0.1) is 0 Å². The minimum atomic E-state index is -1.11. The van der Waals surface area contributed by atoms with Crippen LogP contribution in [-0.2, 0) is 11.2 Å². The second-order valence-corrected chi connectivity index (χ2v) is 10.5. The van der Waals surface area contributed by atoms with Gasteiger partial charge < -0.3 is 19.9 Å². The predicted octanol–water partition coefficient (Wildman–Crippen LogP) is 5.99. The van der Waals surface area contributed by atoms with E-state index in [0.29, 0.717) is 17.0 Å². The molecule has 3 aromatic rings. The third kappa shape index (κ3) is 4.89. The van der Waals surface area contributed by atoms with Crippen LogP contribution < -0.4 is 10.2 Å². The van der Waals surface area contributed by atoms with Crippen molar-refractivity contribution in [1.82, 2.24) is 5.32 Å². The molecule has 172 valence electrons. The van der Waals surface area contributed by atoms with Crippen molar-refractivity contribution in [3.63, 3.8) is 0 Å². The molecule has 2 N–H and O–H groups in total. The van der Waals surface area contributed by atoms with Crippen LogP contribution in [0.25, 0.3) is 11.1 Å². The molecule has 1 aliphatic heterocycles. The molecular formula is C26H26ClFN2O2S. The maximum absolute atomic E-state index is 14.2. The van der Waals surface area contributed by atoms with Crippen molar-refractivity contribution in [1.29, 1.82) is 0 Å². The van der Waals surface area contributed by atoms with Gasteiger partial charge in [0.15, 0.2) is 4.90 Å². The Bertz CT molecular complexity index is 1180. The lowest BCUT2D eigenvalue weighted by Gasteiger charge is -2.28. The molecule has 0 saturated heterocycles. The Morgan fingerprint density at radius 1 is 1.09 bits per heavy atom. The number of rotatable bonds is 6. The average molecular weight is 485 g/mol. The van der Waals surface area contributed by atoms with Crippen LogP contribution in [0.1, 0.15) is 32.5 Å². The normalized spacial score (nSPS) is 17.0. The minimum absolute atomic E-state index is 0.0442. The molecule has 2 atom stereocenters. The number of hydrogen-bond acceptors (Lipinski definition) is 4. The van der Waals surface area contributed by atoms with Gasteiger partial charge in [0.1, 0.15) is 17.7 Å².